The van der Waals surface area contributed by atoms with Gasteiger partial charge in [0.25, 0.3) is 5.91 Å². The highest BCUT2D eigenvalue weighted by Gasteiger charge is 2.29. The smallest absolute Gasteiger partial charge is 0.263 e. The number of hydrogen-bond acceptors (Lipinski definition) is 3. The van der Waals surface area contributed by atoms with Gasteiger partial charge in [0.05, 0.1) is 5.56 Å². The maximum absolute atomic E-state index is 13.4. The van der Waals surface area contributed by atoms with Crippen LogP contribution in [-0.4, -0.2) is 29.3 Å². The molecule has 4 nitrogen and oxygen atoms in total. The van der Waals surface area contributed by atoms with Gasteiger partial charge in [-0.2, -0.15) is 0 Å². The van der Waals surface area contributed by atoms with E-state index in [0.29, 0.717) is 6.42 Å². The van der Waals surface area contributed by atoms with Crippen LogP contribution in [0, 0.1) is 5.82 Å². The van der Waals surface area contributed by atoms with Crippen LogP contribution in [0.5, 0.6) is 0 Å². The minimum Gasteiger partial charge on any atom is -0.327 e. The largest absolute Gasteiger partial charge is 0.327 e. The van der Waals surface area contributed by atoms with Gasteiger partial charge in [-0.3, -0.25) is 14.5 Å². The predicted molar refractivity (Wildman–Crippen MR) is 59.7 cm³/mol. The first kappa shape index (κ1) is 11.7. The molecular weight excluding hydrogens is 223 g/mol. The van der Waals surface area contributed by atoms with Gasteiger partial charge in [-0.1, -0.05) is 12.1 Å². The summed E-state index contributed by atoms with van der Waals surface area (Å²) in [4.78, 5) is 24.7. The Morgan fingerprint density at radius 1 is 1.41 bits per heavy atom. The average molecular weight is 236 g/mol. The van der Waals surface area contributed by atoms with Crippen molar-refractivity contribution in [1.29, 1.82) is 0 Å². The Morgan fingerprint density at radius 3 is 2.76 bits per heavy atom. The molecule has 1 heterocycles. The van der Waals surface area contributed by atoms with Gasteiger partial charge in [0.1, 0.15) is 5.82 Å². The van der Waals surface area contributed by atoms with E-state index < -0.39 is 11.7 Å². The molecular formula is C12H13FN2O2. The first-order chi connectivity index (χ1) is 8.09. The number of carbonyl (C=O) groups excluding carboxylic acids is 2. The lowest BCUT2D eigenvalue weighted by molar-refractivity contribution is -0.130. The fraction of sp³-hybridized carbons (Fsp3) is 0.333. The van der Waals surface area contributed by atoms with Gasteiger partial charge in [-0.05, 0) is 18.6 Å². The zero-order valence-corrected chi connectivity index (χ0v) is 9.23. The van der Waals surface area contributed by atoms with Crippen molar-refractivity contribution >= 4 is 11.8 Å². The lowest BCUT2D eigenvalue weighted by atomic mass is 10.0. The predicted octanol–water partition coefficient (Wildman–Crippen LogP) is 0.916. The van der Waals surface area contributed by atoms with Crippen molar-refractivity contribution < 1.29 is 14.0 Å². The Kier molecular flexibility index (Phi) is 3.19. The van der Waals surface area contributed by atoms with Crippen molar-refractivity contribution in [1.82, 2.24) is 4.90 Å². The zero-order valence-electron chi connectivity index (χ0n) is 9.23. The topological polar surface area (TPSA) is 63.4 Å². The van der Waals surface area contributed by atoms with Crippen LogP contribution in [0.4, 0.5) is 4.39 Å². The number of piperidine rings is 1. The highest BCUT2D eigenvalue weighted by atomic mass is 19.1. The molecule has 17 heavy (non-hydrogen) atoms. The molecule has 0 spiro atoms. The van der Waals surface area contributed by atoms with Gasteiger partial charge in [-0.25, -0.2) is 4.39 Å². The van der Waals surface area contributed by atoms with Gasteiger partial charge in [0, 0.05) is 19.0 Å². The summed E-state index contributed by atoms with van der Waals surface area (Å²) in [6.07, 6.45) is 0.701. The third kappa shape index (κ3) is 2.34. The molecule has 1 aromatic carbocycles. The number of nitrogens with zero attached hydrogens (tertiary/aromatic N) is 1. The molecule has 1 aliphatic rings. The SMILES string of the molecule is NC1CCN(C(=O)c2ccccc2F)C(=O)C1. The molecule has 1 fully saturated rings. The van der Waals surface area contributed by atoms with Crippen LogP contribution >= 0.6 is 0 Å². The lowest BCUT2D eigenvalue weighted by Crippen LogP contribution is -2.47. The Balaban J connectivity index is 2.21. The van der Waals surface area contributed by atoms with E-state index in [1.54, 1.807) is 6.07 Å². The zero-order chi connectivity index (χ0) is 12.4. The van der Waals surface area contributed by atoms with Gasteiger partial charge >= 0.3 is 0 Å². The molecule has 0 radical (unpaired) electrons. The highest BCUT2D eigenvalue weighted by Crippen LogP contribution is 2.15. The number of imide groups is 1. The average Bonchev–Trinajstić information content (AvgIpc) is 2.29. The summed E-state index contributed by atoms with van der Waals surface area (Å²) in [5, 5.41) is 0. The van der Waals surface area contributed by atoms with E-state index >= 15 is 0 Å². The number of hydrogen-bond donors (Lipinski definition) is 1. The van der Waals surface area contributed by atoms with Crippen molar-refractivity contribution in [3.63, 3.8) is 0 Å². The van der Waals surface area contributed by atoms with Crippen LogP contribution in [0.1, 0.15) is 23.2 Å². The Morgan fingerprint density at radius 2 is 2.12 bits per heavy atom. The van der Waals surface area contributed by atoms with Gasteiger partial charge < -0.3 is 5.73 Å². The fourth-order valence-electron chi connectivity index (χ4n) is 1.85. The maximum Gasteiger partial charge on any atom is 0.263 e. The summed E-state index contributed by atoms with van der Waals surface area (Å²) in [5.74, 6) is -1.53. The van der Waals surface area contributed by atoms with Gasteiger partial charge in [0.15, 0.2) is 0 Å². The second-order valence-corrected chi connectivity index (χ2v) is 4.08. The van der Waals surface area contributed by atoms with Crippen molar-refractivity contribution in [3.05, 3.63) is 35.6 Å². The Labute approximate surface area is 98.2 Å². The summed E-state index contributed by atoms with van der Waals surface area (Å²) in [5.41, 5.74) is 5.55. The number of carbonyl (C=O) groups is 2. The number of nitrogens with two attached hydrogens (primary N) is 1. The van der Waals surface area contributed by atoms with E-state index in [0.717, 1.165) is 4.90 Å². The molecule has 90 valence electrons. The molecule has 1 aliphatic heterocycles. The summed E-state index contributed by atoms with van der Waals surface area (Å²) < 4.78 is 13.4. The normalized spacial score (nSPS) is 20.5. The number of benzene rings is 1. The minimum absolute atomic E-state index is 0.0729. The first-order valence-electron chi connectivity index (χ1n) is 5.44. The second-order valence-electron chi connectivity index (χ2n) is 4.08. The lowest BCUT2D eigenvalue weighted by Gasteiger charge is -2.28. The summed E-state index contributed by atoms with van der Waals surface area (Å²) >= 11 is 0. The summed E-state index contributed by atoms with van der Waals surface area (Å²) in [7, 11) is 0. The molecule has 5 heteroatoms. The highest BCUT2D eigenvalue weighted by molar-refractivity contribution is 6.05. The summed E-state index contributed by atoms with van der Waals surface area (Å²) in [6.45, 7) is 0.257. The number of likely N-dealkylation sites (tertiary alicyclic amines) is 1. The third-order valence-electron chi connectivity index (χ3n) is 2.81. The van der Waals surface area contributed by atoms with E-state index in [1.165, 1.54) is 18.2 Å². The molecule has 1 aromatic rings. The van der Waals surface area contributed by atoms with E-state index in [2.05, 4.69) is 0 Å². The van der Waals surface area contributed by atoms with Crippen LogP contribution in [0.15, 0.2) is 24.3 Å². The monoisotopic (exact) mass is 236 g/mol. The molecule has 1 unspecified atom stereocenters. The van der Waals surface area contributed by atoms with E-state index in [-0.39, 0.29) is 30.5 Å². The minimum atomic E-state index is -0.611. The van der Waals surface area contributed by atoms with Crippen LogP contribution in [0.2, 0.25) is 0 Å². The van der Waals surface area contributed by atoms with Crippen LogP contribution < -0.4 is 5.73 Å². The second kappa shape index (κ2) is 4.63. The quantitative estimate of drug-likeness (QED) is 0.737. The molecule has 2 amide bonds. The number of amides is 2. The molecule has 0 aliphatic carbocycles. The van der Waals surface area contributed by atoms with Crippen molar-refractivity contribution in [2.45, 2.75) is 18.9 Å². The molecule has 1 saturated heterocycles. The van der Waals surface area contributed by atoms with Crippen LogP contribution in [-0.2, 0) is 4.79 Å². The van der Waals surface area contributed by atoms with Crippen LogP contribution in [0.3, 0.4) is 0 Å². The van der Waals surface area contributed by atoms with E-state index in [4.69, 9.17) is 5.73 Å². The van der Waals surface area contributed by atoms with E-state index in [1.807, 2.05) is 0 Å². The van der Waals surface area contributed by atoms with Crippen molar-refractivity contribution in [2.75, 3.05) is 6.54 Å². The van der Waals surface area contributed by atoms with Crippen molar-refractivity contribution in [3.8, 4) is 0 Å². The Bertz CT molecular complexity index is 462. The maximum atomic E-state index is 13.4. The molecule has 0 bridgehead atoms. The standard InChI is InChI=1S/C12H13FN2O2/c13-10-4-2-1-3-9(10)12(17)15-6-5-8(14)7-11(15)16/h1-4,8H,5-7,14H2. The first-order valence-corrected chi connectivity index (χ1v) is 5.44. The van der Waals surface area contributed by atoms with Gasteiger partial charge in [-0.15, -0.1) is 0 Å². The Hall–Kier alpha value is -1.75. The van der Waals surface area contributed by atoms with Crippen LogP contribution in [0.25, 0.3) is 0 Å². The third-order valence-corrected chi connectivity index (χ3v) is 2.81. The van der Waals surface area contributed by atoms with Gasteiger partial charge in [0.2, 0.25) is 5.91 Å². The summed E-state index contributed by atoms with van der Waals surface area (Å²) in [6, 6.07) is 5.44. The molecule has 0 saturated carbocycles. The molecule has 2 rings (SSSR count). The molecule has 0 aromatic heterocycles. The van der Waals surface area contributed by atoms with E-state index in [9.17, 15) is 14.0 Å². The number of halogens is 1. The molecule has 1 atom stereocenters. The van der Waals surface area contributed by atoms with Crippen molar-refractivity contribution in [2.24, 2.45) is 5.73 Å². The molecule has 2 N–H and O–H groups in total. The number of rotatable bonds is 1. The fourth-order valence-corrected chi connectivity index (χ4v) is 1.85.